The van der Waals surface area contributed by atoms with Crippen molar-refractivity contribution < 1.29 is 18.0 Å². The zero-order valence-electron chi connectivity index (χ0n) is 24.4. The second kappa shape index (κ2) is 13.5. The molecule has 0 bridgehead atoms. The number of halogens is 2. The first-order valence-electron chi connectivity index (χ1n) is 14.1. The zero-order chi connectivity index (χ0) is 30.6. The molecule has 1 aliphatic rings. The number of benzene rings is 3. The quantitative estimate of drug-likeness (QED) is 0.274. The smallest absolute Gasteiger partial charge is 0.264 e. The van der Waals surface area contributed by atoms with Crippen LogP contribution in [-0.4, -0.2) is 43.8 Å². The Balaban J connectivity index is 1.73. The second-order valence-corrected chi connectivity index (χ2v) is 13.8. The van der Waals surface area contributed by atoms with E-state index in [2.05, 4.69) is 5.32 Å². The minimum Gasteiger partial charge on any atom is -0.352 e. The molecule has 0 aromatic heterocycles. The number of sulfonamides is 1. The van der Waals surface area contributed by atoms with Gasteiger partial charge in [0, 0.05) is 22.6 Å². The van der Waals surface area contributed by atoms with Crippen LogP contribution < -0.4 is 9.62 Å². The van der Waals surface area contributed by atoms with E-state index in [1.54, 1.807) is 49.4 Å². The largest absolute Gasteiger partial charge is 0.352 e. The molecule has 1 saturated carbocycles. The summed E-state index contributed by atoms with van der Waals surface area (Å²) in [6.45, 7) is 6.77. The fraction of sp³-hybridized carbons (Fsp3) is 0.375. The molecule has 0 spiro atoms. The van der Waals surface area contributed by atoms with Crippen LogP contribution in [0.1, 0.15) is 54.9 Å². The number of anilines is 1. The van der Waals surface area contributed by atoms with Gasteiger partial charge < -0.3 is 10.2 Å². The van der Waals surface area contributed by atoms with Crippen molar-refractivity contribution in [2.45, 2.75) is 76.9 Å². The summed E-state index contributed by atoms with van der Waals surface area (Å²) in [7, 11) is -4.14. The van der Waals surface area contributed by atoms with Gasteiger partial charge in [0.05, 0.1) is 10.6 Å². The Kier molecular flexibility index (Phi) is 10.2. The van der Waals surface area contributed by atoms with Gasteiger partial charge in [-0.2, -0.15) is 0 Å². The van der Waals surface area contributed by atoms with Crippen LogP contribution in [0, 0.1) is 20.8 Å². The SMILES string of the molecule is Cc1ccc(S(=O)(=O)N(CC(=O)N(Cc2ccc(Cl)cc2Cl)C(C)C(=O)NC2CCCC2)c2cc(C)cc(C)c2)cc1. The highest BCUT2D eigenvalue weighted by molar-refractivity contribution is 7.92. The third kappa shape index (κ3) is 7.65. The number of nitrogens with one attached hydrogen (secondary N) is 1. The molecule has 0 saturated heterocycles. The van der Waals surface area contributed by atoms with Crippen LogP contribution in [-0.2, 0) is 26.2 Å². The van der Waals surface area contributed by atoms with Crippen molar-refractivity contribution in [2.24, 2.45) is 0 Å². The Hall–Kier alpha value is -3.07. The number of rotatable bonds is 10. The molecule has 0 heterocycles. The van der Waals surface area contributed by atoms with Gasteiger partial charge in [-0.15, -0.1) is 0 Å². The number of hydrogen-bond acceptors (Lipinski definition) is 4. The summed E-state index contributed by atoms with van der Waals surface area (Å²) in [6.07, 6.45) is 3.88. The van der Waals surface area contributed by atoms with Crippen molar-refractivity contribution in [1.29, 1.82) is 0 Å². The predicted molar refractivity (Wildman–Crippen MR) is 168 cm³/mol. The molecule has 42 heavy (non-hydrogen) atoms. The fourth-order valence-electron chi connectivity index (χ4n) is 5.27. The minimum atomic E-state index is -4.14. The van der Waals surface area contributed by atoms with Crippen LogP contribution in [0.3, 0.4) is 0 Å². The first-order valence-corrected chi connectivity index (χ1v) is 16.3. The molecule has 1 unspecified atom stereocenters. The molecule has 0 radical (unpaired) electrons. The lowest BCUT2D eigenvalue weighted by atomic mass is 10.1. The molecule has 0 aliphatic heterocycles. The highest BCUT2D eigenvalue weighted by Gasteiger charge is 2.33. The van der Waals surface area contributed by atoms with Crippen molar-refractivity contribution >= 4 is 50.7 Å². The van der Waals surface area contributed by atoms with E-state index in [4.69, 9.17) is 23.2 Å². The third-order valence-corrected chi connectivity index (χ3v) is 9.98. The Morgan fingerprint density at radius 1 is 0.905 bits per heavy atom. The van der Waals surface area contributed by atoms with E-state index < -0.39 is 28.5 Å². The summed E-state index contributed by atoms with van der Waals surface area (Å²) in [4.78, 5) is 29.0. The molecule has 2 amide bonds. The van der Waals surface area contributed by atoms with Crippen LogP contribution in [0.2, 0.25) is 10.0 Å². The van der Waals surface area contributed by atoms with Gasteiger partial charge in [-0.1, -0.05) is 65.9 Å². The average molecular weight is 631 g/mol. The molecule has 10 heteroatoms. The number of aryl methyl sites for hydroxylation is 3. The number of nitrogens with zero attached hydrogens (tertiary/aromatic N) is 2. The molecule has 224 valence electrons. The highest BCUT2D eigenvalue weighted by Crippen LogP contribution is 2.28. The first-order chi connectivity index (χ1) is 19.8. The topological polar surface area (TPSA) is 86.8 Å². The van der Waals surface area contributed by atoms with Gasteiger partial charge in [-0.25, -0.2) is 8.42 Å². The van der Waals surface area contributed by atoms with Crippen LogP contribution >= 0.6 is 23.2 Å². The lowest BCUT2D eigenvalue weighted by Crippen LogP contribution is -2.52. The van der Waals surface area contributed by atoms with Crippen molar-refractivity contribution in [3.8, 4) is 0 Å². The number of carbonyl (C=O) groups excluding carboxylic acids is 2. The average Bonchev–Trinajstić information content (AvgIpc) is 3.43. The molecule has 4 rings (SSSR count). The number of amides is 2. The van der Waals surface area contributed by atoms with E-state index in [1.807, 2.05) is 26.8 Å². The fourth-order valence-corrected chi connectivity index (χ4v) is 7.13. The minimum absolute atomic E-state index is 0.000641. The molecule has 7 nitrogen and oxygen atoms in total. The molecule has 1 aliphatic carbocycles. The van der Waals surface area contributed by atoms with Crippen LogP contribution in [0.25, 0.3) is 0 Å². The van der Waals surface area contributed by atoms with Crippen molar-refractivity contribution in [3.05, 3.63) is 93.0 Å². The second-order valence-electron chi connectivity index (χ2n) is 11.1. The summed E-state index contributed by atoms with van der Waals surface area (Å²) in [5.41, 5.74) is 3.59. The zero-order valence-corrected chi connectivity index (χ0v) is 26.7. The Morgan fingerprint density at radius 2 is 1.52 bits per heavy atom. The van der Waals surface area contributed by atoms with E-state index in [9.17, 15) is 18.0 Å². The van der Waals surface area contributed by atoms with Gasteiger partial charge in [0.25, 0.3) is 10.0 Å². The van der Waals surface area contributed by atoms with Gasteiger partial charge >= 0.3 is 0 Å². The summed E-state index contributed by atoms with van der Waals surface area (Å²) in [5.74, 6) is -0.829. The van der Waals surface area contributed by atoms with Gasteiger partial charge in [-0.3, -0.25) is 13.9 Å². The predicted octanol–water partition coefficient (Wildman–Crippen LogP) is 6.59. The summed E-state index contributed by atoms with van der Waals surface area (Å²) >= 11 is 12.6. The van der Waals surface area contributed by atoms with Crippen LogP contribution in [0.15, 0.2) is 65.6 Å². The lowest BCUT2D eigenvalue weighted by molar-refractivity contribution is -0.139. The van der Waals surface area contributed by atoms with Crippen LogP contribution in [0.5, 0.6) is 0 Å². The Bertz CT molecular complexity index is 1530. The standard InChI is InChI=1S/C32H37Cl2N3O4S/c1-21-9-13-29(14-10-21)42(40,41)37(28-16-22(2)15-23(3)17-28)20-31(38)36(19-25-11-12-26(33)18-30(25)34)24(4)32(39)35-27-7-5-6-8-27/h9-18,24,27H,5-8,19-20H2,1-4H3,(H,35,39). The molecule has 3 aromatic rings. The van der Waals surface area contributed by atoms with E-state index in [-0.39, 0.29) is 23.4 Å². The Morgan fingerprint density at radius 3 is 2.12 bits per heavy atom. The van der Waals surface area contributed by atoms with E-state index in [0.29, 0.717) is 21.3 Å². The summed E-state index contributed by atoms with van der Waals surface area (Å²) in [6, 6.07) is 16.1. The molecule has 3 aromatic carbocycles. The molecular weight excluding hydrogens is 593 g/mol. The monoisotopic (exact) mass is 629 g/mol. The maximum atomic E-state index is 14.2. The van der Waals surface area contributed by atoms with E-state index in [1.165, 1.54) is 17.0 Å². The van der Waals surface area contributed by atoms with Crippen molar-refractivity contribution in [1.82, 2.24) is 10.2 Å². The third-order valence-electron chi connectivity index (χ3n) is 7.61. The van der Waals surface area contributed by atoms with E-state index >= 15 is 0 Å². The van der Waals surface area contributed by atoms with Gasteiger partial charge in [0.15, 0.2) is 0 Å². The maximum Gasteiger partial charge on any atom is 0.264 e. The highest BCUT2D eigenvalue weighted by atomic mass is 35.5. The van der Waals surface area contributed by atoms with Crippen molar-refractivity contribution in [3.63, 3.8) is 0 Å². The Labute approximate surface area is 258 Å². The van der Waals surface area contributed by atoms with E-state index in [0.717, 1.165) is 46.7 Å². The van der Waals surface area contributed by atoms with Crippen LogP contribution in [0.4, 0.5) is 5.69 Å². The summed E-state index contributed by atoms with van der Waals surface area (Å²) in [5, 5.41) is 3.86. The van der Waals surface area contributed by atoms with Gasteiger partial charge in [0.1, 0.15) is 12.6 Å². The van der Waals surface area contributed by atoms with Gasteiger partial charge in [-0.05, 0) is 93.6 Å². The van der Waals surface area contributed by atoms with Crippen molar-refractivity contribution in [2.75, 3.05) is 10.8 Å². The number of carbonyl (C=O) groups is 2. The van der Waals surface area contributed by atoms with Gasteiger partial charge in [0.2, 0.25) is 11.8 Å². The normalized spacial score (nSPS) is 14.4. The molecular formula is C32H37Cl2N3O4S. The maximum absolute atomic E-state index is 14.2. The lowest BCUT2D eigenvalue weighted by Gasteiger charge is -2.33. The molecule has 1 atom stereocenters. The molecule has 1 fully saturated rings. The molecule has 1 N–H and O–H groups in total. The first kappa shape index (κ1) is 31.9. The summed E-state index contributed by atoms with van der Waals surface area (Å²) < 4.78 is 29.2. The number of hydrogen-bond donors (Lipinski definition) is 1.